The normalized spacial score (nSPS) is 20.8. The minimum absolute atomic E-state index is 0.0242. The molecule has 10 aromatic rings. The second kappa shape index (κ2) is 48.0. The van der Waals surface area contributed by atoms with Gasteiger partial charge in [-0.1, -0.05) is 126 Å². The van der Waals surface area contributed by atoms with Gasteiger partial charge in [-0.25, -0.2) is 75.1 Å². The lowest BCUT2D eigenvalue weighted by Crippen LogP contribution is -2.54. The van der Waals surface area contributed by atoms with Gasteiger partial charge in [0.15, 0.2) is 29.5 Å². The first-order valence-electron chi connectivity index (χ1n) is 48.5. The van der Waals surface area contributed by atoms with Crippen molar-refractivity contribution in [3.8, 4) is 0 Å². The van der Waals surface area contributed by atoms with Crippen LogP contribution < -0.4 is 53.2 Å². The highest BCUT2D eigenvalue weighted by Crippen LogP contribution is 2.45. The van der Waals surface area contributed by atoms with Crippen molar-refractivity contribution in [3.63, 3.8) is 0 Å². The highest BCUT2D eigenvalue weighted by molar-refractivity contribution is 7.91. The number of halogens is 5. The highest BCUT2D eigenvalue weighted by Gasteiger charge is 2.44. The molecule has 15 heterocycles. The molecule has 0 radical (unpaired) electrons. The summed E-state index contributed by atoms with van der Waals surface area (Å²) < 4.78 is 97.5. The number of rotatable bonds is 21. The molecule has 147 heavy (non-hydrogen) atoms. The van der Waals surface area contributed by atoms with Crippen LogP contribution in [0.2, 0.25) is 25.1 Å². The van der Waals surface area contributed by atoms with E-state index in [1.807, 2.05) is 94.1 Å². The third-order valence-electron chi connectivity index (χ3n) is 27.9. The summed E-state index contributed by atoms with van der Waals surface area (Å²) in [6.07, 6.45) is 10.2. The summed E-state index contributed by atoms with van der Waals surface area (Å²) in [4.78, 5) is 126. The monoisotopic (exact) mass is 2200 g/mol. The molecule has 10 aliphatic heterocycles. The van der Waals surface area contributed by atoms with E-state index in [0.29, 0.717) is 257 Å². The number of carbonyl (C=O) groups is 5. The van der Waals surface area contributed by atoms with Gasteiger partial charge in [-0.2, -0.15) is 0 Å². The molecule has 782 valence electrons. The fourth-order valence-electron chi connectivity index (χ4n) is 19.8. The zero-order chi connectivity index (χ0) is 104. The largest absolute Gasteiger partial charge is 0.353 e. The van der Waals surface area contributed by atoms with Crippen LogP contribution in [0.15, 0.2) is 153 Å². The summed E-state index contributed by atoms with van der Waals surface area (Å²) >= 11 is 29.5. The summed E-state index contributed by atoms with van der Waals surface area (Å²) in [6.45, 7) is 17.0. The molecule has 0 saturated carbocycles. The molecule has 0 spiro atoms. The SMILES string of the molecule is CC1c2c(ncnc2N2CCN(C(=O)[C@H](N)Cc3ccc(Cl)cc3)CC2)CS1(=O)=O.CC1c2c(ncnc2N2CCN(C(=O)[C@H](N)Cc3ccc(Cl)cc3)CC2)CS1=O.CCC1c2c(ncnc2N2CCN(C(=O)[C@H](N)Cc3ccc(Cl)cc3)CC2)CS1(=O)=O.N[C@H](Cc1ccc(Cl)cc1)C(=O)N1CCN(c2ncnc3c2CS(=O)(=O)C3)CC1.N[C@H](Cc1ccc(Cl)cc1)C(=O)N1CCN(c2ncnc3c2CS(=O)C3)CC1. The van der Waals surface area contributed by atoms with Gasteiger partial charge in [-0.3, -0.25) is 32.4 Å². The first-order chi connectivity index (χ1) is 70.3. The van der Waals surface area contributed by atoms with Gasteiger partial charge < -0.3 is 77.7 Å². The van der Waals surface area contributed by atoms with E-state index in [4.69, 9.17) is 86.7 Å². The first kappa shape index (κ1) is 109. The van der Waals surface area contributed by atoms with Crippen LogP contribution in [-0.4, -0.2) is 299 Å². The number of hydrogen-bond acceptors (Lipinski definition) is 33. The molecule has 10 N–H and O–H groups in total. The number of anilines is 5. The lowest BCUT2D eigenvalue weighted by molar-refractivity contribution is -0.133. The Hall–Kier alpha value is -10.8. The van der Waals surface area contributed by atoms with Gasteiger partial charge in [0.05, 0.1) is 115 Å². The Labute approximate surface area is 884 Å². The second-order valence-corrected chi connectivity index (χ2v) is 49.7. The van der Waals surface area contributed by atoms with Crippen LogP contribution in [0.4, 0.5) is 29.1 Å². The Balaban J connectivity index is 0.000000131. The molecule has 5 aromatic carbocycles. The van der Waals surface area contributed by atoms with E-state index < -0.39 is 91.8 Å². The molecule has 38 nitrogen and oxygen atoms in total. The van der Waals surface area contributed by atoms with Gasteiger partial charge in [0.2, 0.25) is 29.5 Å². The lowest BCUT2D eigenvalue weighted by Gasteiger charge is -2.37. The van der Waals surface area contributed by atoms with Crippen molar-refractivity contribution in [2.24, 2.45) is 28.7 Å². The number of benzene rings is 5. The molecule has 5 unspecified atom stereocenters. The maximum Gasteiger partial charge on any atom is 0.239 e. The number of aromatic nitrogens is 10. The molecule has 48 heteroatoms. The first-order valence-corrected chi connectivity index (χ1v) is 58.6. The molecular weight excluding hydrogens is 2080 g/mol. The van der Waals surface area contributed by atoms with Crippen molar-refractivity contribution in [2.45, 2.75) is 146 Å². The van der Waals surface area contributed by atoms with E-state index in [1.54, 1.807) is 88.6 Å². The van der Waals surface area contributed by atoms with Crippen molar-refractivity contribution < 1.29 is 57.6 Å². The number of hydrogen-bond donors (Lipinski definition) is 5. The van der Waals surface area contributed by atoms with Crippen molar-refractivity contribution in [3.05, 3.63) is 262 Å². The van der Waals surface area contributed by atoms with E-state index >= 15 is 0 Å². The Morgan fingerprint density at radius 1 is 0.320 bits per heavy atom. The lowest BCUT2D eigenvalue weighted by atomic mass is 10.0. The number of nitrogens with two attached hydrogens (primary N) is 5. The number of carbonyl (C=O) groups excluding carboxylic acids is 5. The van der Waals surface area contributed by atoms with Crippen LogP contribution in [0.5, 0.6) is 0 Å². The number of fused-ring (bicyclic) bond motifs is 5. The highest BCUT2D eigenvalue weighted by atomic mass is 35.5. The summed E-state index contributed by atoms with van der Waals surface area (Å²) in [5, 5.41) is 2.03. The van der Waals surface area contributed by atoms with E-state index in [1.165, 1.54) is 25.3 Å². The van der Waals surface area contributed by atoms with E-state index in [-0.39, 0.29) is 57.8 Å². The van der Waals surface area contributed by atoms with E-state index in [0.717, 1.165) is 67.5 Å². The van der Waals surface area contributed by atoms with Crippen LogP contribution in [-0.2, 0) is 147 Å². The Bertz CT molecular complexity index is 6860. The molecule has 0 bridgehead atoms. The summed E-state index contributed by atoms with van der Waals surface area (Å²) in [5.41, 5.74) is 43.3. The Morgan fingerprint density at radius 2 is 0.592 bits per heavy atom. The Kier molecular flexibility index (Phi) is 35.6. The zero-order valence-electron chi connectivity index (χ0n) is 81.5. The van der Waals surface area contributed by atoms with Gasteiger partial charge in [0.25, 0.3) is 0 Å². The fraction of sp³-hybridized carbons (Fsp3) is 0.444. The maximum atomic E-state index is 12.8. The molecule has 10 aliphatic rings. The molecule has 10 atom stereocenters. The van der Waals surface area contributed by atoms with E-state index in [9.17, 15) is 57.6 Å². The molecule has 5 aromatic heterocycles. The standard InChI is InChI=1S/C21H26ClN5O3S.C20H24ClN5O3S.C20H24ClN5O2S.C19H22ClN5O3S.C19H22ClN5O2S/c1-2-18-19-17(12-31(18,29)30)24-13-25-20(19)26-7-9-27(10-8-26)21(28)16(23)11-14-3-5-15(22)6-4-14;1-13-18-17(11-30(13,28)29)23-12-24-19(18)25-6-8-26(9-7-25)20(27)16(22)10-14-2-4-15(21)5-3-14;1-13-18-17(11-29(13)28)23-12-24-19(18)25-6-8-26(9-7-25)20(27)16(22)10-14-2-4-15(21)5-3-14;20-14-3-1-13(2-4-14)9-16(21)19(26)25-7-5-24(6-8-25)18-15-10-29(27,28)11-17(15)22-12-23-18;20-14-3-1-13(2-4-14)9-16(21)19(26)25-7-5-24(6-8-25)18-15-10-28(27)11-17(15)22-12-23-18/h3-6,13,16,18H,2,7-12,23H2,1H3;2-5,12-13,16H,6-11,22H2,1H3;2-5,12-13,16H,6-11,22H2,1H3;1-4,12,16H,5-11,21H2;1-4,12,16H,5-11,21H2/t16-,18?;13?,16-;13?,16-,29?;16-;16-,28?/m11111/s1. The van der Waals surface area contributed by atoms with Crippen molar-refractivity contribution in [1.82, 2.24) is 74.3 Å². The molecule has 20 rings (SSSR count). The van der Waals surface area contributed by atoms with Gasteiger partial charge in [-0.05, 0) is 141 Å². The second-order valence-electron chi connectivity index (χ2n) is 37.7. The quantitative estimate of drug-likeness (QED) is 0.0504. The van der Waals surface area contributed by atoms with Gasteiger partial charge in [0, 0.05) is 205 Å². The Morgan fingerprint density at radius 3 is 0.925 bits per heavy atom. The van der Waals surface area contributed by atoms with Gasteiger partial charge in [-0.15, -0.1) is 0 Å². The molecule has 5 fully saturated rings. The van der Waals surface area contributed by atoms with Crippen LogP contribution >= 0.6 is 58.0 Å². The molecule has 5 saturated heterocycles. The van der Waals surface area contributed by atoms with Gasteiger partial charge in [0.1, 0.15) is 60.7 Å². The summed E-state index contributed by atoms with van der Waals surface area (Å²) in [7, 11) is -11.5. The smallest absolute Gasteiger partial charge is 0.239 e. The molecule has 0 aliphatic carbocycles. The third-order valence-corrected chi connectivity index (χ3v) is 37.5. The van der Waals surface area contributed by atoms with Crippen LogP contribution in [0, 0.1) is 0 Å². The summed E-state index contributed by atoms with van der Waals surface area (Å²) in [6, 6.07) is 33.8. The number of nitrogens with zero attached hydrogens (tertiary/aromatic N) is 20. The third kappa shape index (κ3) is 26.5. The topological polar surface area (TPSA) is 513 Å². The van der Waals surface area contributed by atoms with Crippen molar-refractivity contribution in [1.29, 1.82) is 0 Å². The minimum Gasteiger partial charge on any atom is -0.353 e. The molecule has 5 amide bonds. The van der Waals surface area contributed by atoms with Crippen LogP contribution in [0.25, 0.3) is 0 Å². The predicted octanol–water partition coefficient (Wildman–Crippen LogP) is 6.63. The van der Waals surface area contributed by atoms with E-state index in [2.05, 4.69) is 64.5 Å². The average molecular weight is 2200 g/mol. The minimum atomic E-state index is -3.24. The number of piperazine rings is 5. The maximum absolute atomic E-state index is 12.8. The number of sulfone groups is 3. The predicted molar refractivity (Wildman–Crippen MR) is 569 cm³/mol. The molecular formula is C99H118Cl5N25O13S5. The van der Waals surface area contributed by atoms with Crippen molar-refractivity contribution >= 4 is 168 Å². The summed E-state index contributed by atoms with van der Waals surface area (Å²) in [5.74, 6) is 4.73. The zero-order valence-corrected chi connectivity index (χ0v) is 89.3. The average Bonchev–Trinajstić information content (AvgIpc) is 1.61. The van der Waals surface area contributed by atoms with Crippen LogP contribution in [0.1, 0.15) is 127 Å². The van der Waals surface area contributed by atoms with Gasteiger partial charge >= 0.3 is 0 Å². The fourth-order valence-corrected chi connectivity index (χ4v) is 27.9. The van der Waals surface area contributed by atoms with Crippen molar-refractivity contribution in [2.75, 3.05) is 155 Å². The number of amides is 5. The van der Waals surface area contributed by atoms with Crippen LogP contribution in [0.3, 0.4) is 0 Å².